The number of hydrogen-bond donors (Lipinski definition) is 1. The van der Waals surface area contributed by atoms with Crippen LogP contribution in [0.1, 0.15) is 12.0 Å². The largest absolute Gasteiger partial charge is 0.330 e. The number of hydrogen-bond acceptors (Lipinski definition) is 4. The minimum Gasteiger partial charge on any atom is -0.330 e. The van der Waals surface area contributed by atoms with E-state index in [0.29, 0.717) is 6.54 Å². The highest BCUT2D eigenvalue weighted by Crippen LogP contribution is 2.23. The minimum absolute atomic E-state index is 0.674. The van der Waals surface area contributed by atoms with Crippen LogP contribution in [0.2, 0.25) is 0 Å². The van der Waals surface area contributed by atoms with Gasteiger partial charge in [-0.3, -0.25) is 0 Å². The summed E-state index contributed by atoms with van der Waals surface area (Å²) in [6, 6.07) is 10.3. The zero-order chi connectivity index (χ0) is 12.8. The van der Waals surface area contributed by atoms with Crippen molar-refractivity contribution in [2.45, 2.75) is 13.3 Å². The van der Waals surface area contributed by atoms with E-state index in [1.54, 1.807) is 12.5 Å². The molecule has 0 atom stereocenters. The lowest BCUT2D eigenvalue weighted by Gasteiger charge is -2.23. The molecule has 1 aromatic carbocycles. The second-order valence-corrected chi connectivity index (χ2v) is 4.20. The van der Waals surface area contributed by atoms with Crippen molar-refractivity contribution in [1.29, 1.82) is 0 Å². The topological polar surface area (TPSA) is 55.0 Å². The van der Waals surface area contributed by atoms with Crippen LogP contribution in [0.25, 0.3) is 0 Å². The van der Waals surface area contributed by atoms with Gasteiger partial charge in [-0.15, -0.1) is 0 Å². The summed E-state index contributed by atoms with van der Waals surface area (Å²) in [4.78, 5) is 10.4. The molecule has 18 heavy (non-hydrogen) atoms. The first-order valence-corrected chi connectivity index (χ1v) is 6.11. The van der Waals surface area contributed by atoms with Crippen LogP contribution in [0.15, 0.2) is 42.9 Å². The molecule has 0 radical (unpaired) electrons. The van der Waals surface area contributed by atoms with Gasteiger partial charge in [0.2, 0.25) is 0 Å². The monoisotopic (exact) mass is 242 g/mol. The molecule has 0 fully saturated rings. The van der Waals surface area contributed by atoms with E-state index >= 15 is 0 Å². The van der Waals surface area contributed by atoms with Crippen LogP contribution < -0.4 is 10.6 Å². The van der Waals surface area contributed by atoms with Gasteiger partial charge in [0.15, 0.2) is 0 Å². The third kappa shape index (κ3) is 3.05. The fourth-order valence-corrected chi connectivity index (χ4v) is 1.86. The quantitative estimate of drug-likeness (QED) is 0.874. The molecule has 0 aliphatic heterocycles. The molecular formula is C14H18N4. The molecule has 0 unspecified atom stereocenters. The van der Waals surface area contributed by atoms with Gasteiger partial charge in [0.25, 0.3) is 0 Å². The van der Waals surface area contributed by atoms with Gasteiger partial charge in [0.1, 0.15) is 12.1 Å². The standard InChI is InChI=1S/C14H18N4/c1-12-4-2-5-13(10-12)18(9-3-7-15)14-6-8-16-11-17-14/h2,4-6,8,10-11H,3,7,9,15H2,1H3. The van der Waals surface area contributed by atoms with Crippen LogP contribution in [0.3, 0.4) is 0 Å². The Hall–Kier alpha value is -1.94. The lowest BCUT2D eigenvalue weighted by Crippen LogP contribution is -2.21. The van der Waals surface area contributed by atoms with E-state index in [1.165, 1.54) is 5.56 Å². The molecular weight excluding hydrogens is 224 g/mol. The second kappa shape index (κ2) is 6.12. The van der Waals surface area contributed by atoms with Crippen molar-refractivity contribution >= 4 is 11.5 Å². The SMILES string of the molecule is Cc1cccc(N(CCCN)c2ccncn2)c1. The molecule has 0 aliphatic rings. The summed E-state index contributed by atoms with van der Waals surface area (Å²) < 4.78 is 0. The lowest BCUT2D eigenvalue weighted by molar-refractivity contribution is 0.808. The van der Waals surface area contributed by atoms with Gasteiger partial charge in [0.05, 0.1) is 0 Å². The number of nitrogens with zero attached hydrogens (tertiary/aromatic N) is 3. The maximum absolute atomic E-state index is 5.60. The number of benzene rings is 1. The Morgan fingerprint density at radius 3 is 2.83 bits per heavy atom. The first-order chi connectivity index (χ1) is 8.81. The van der Waals surface area contributed by atoms with Crippen LogP contribution in [-0.4, -0.2) is 23.1 Å². The molecule has 0 aliphatic carbocycles. The molecule has 2 N–H and O–H groups in total. The summed E-state index contributed by atoms with van der Waals surface area (Å²) in [5.41, 5.74) is 7.98. The van der Waals surface area contributed by atoms with Crippen molar-refractivity contribution < 1.29 is 0 Å². The maximum Gasteiger partial charge on any atom is 0.136 e. The van der Waals surface area contributed by atoms with Crippen molar-refractivity contribution in [1.82, 2.24) is 9.97 Å². The Kier molecular flexibility index (Phi) is 4.25. The minimum atomic E-state index is 0.674. The Morgan fingerprint density at radius 2 is 2.17 bits per heavy atom. The molecule has 2 rings (SSSR count). The molecule has 0 bridgehead atoms. The Morgan fingerprint density at radius 1 is 1.28 bits per heavy atom. The van der Waals surface area contributed by atoms with E-state index in [4.69, 9.17) is 5.73 Å². The molecule has 1 aromatic heterocycles. The lowest BCUT2D eigenvalue weighted by atomic mass is 10.2. The third-order valence-corrected chi connectivity index (χ3v) is 2.74. The van der Waals surface area contributed by atoms with Gasteiger partial charge in [-0.25, -0.2) is 9.97 Å². The summed E-state index contributed by atoms with van der Waals surface area (Å²) in [7, 11) is 0. The number of aryl methyl sites for hydroxylation is 1. The van der Waals surface area contributed by atoms with Gasteiger partial charge in [-0.1, -0.05) is 12.1 Å². The highest BCUT2D eigenvalue weighted by Gasteiger charge is 2.09. The molecule has 94 valence electrons. The number of rotatable bonds is 5. The molecule has 0 saturated heterocycles. The van der Waals surface area contributed by atoms with Crippen LogP contribution in [0.5, 0.6) is 0 Å². The van der Waals surface area contributed by atoms with Crippen molar-refractivity contribution in [2.75, 3.05) is 18.0 Å². The average molecular weight is 242 g/mol. The predicted octanol–water partition coefficient (Wildman–Crippen LogP) is 2.27. The van der Waals surface area contributed by atoms with Gasteiger partial charge < -0.3 is 10.6 Å². The first kappa shape index (κ1) is 12.5. The fourth-order valence-electron chi connectivity index (χ4n) is 1.86. The first-order valence-electron chi connectivity index (χ1n) is 6.11. The Labute approximate surface area is 107 Å². The fraction of sp³-hybridized carbons (Fsp3) is 0.286. The van der Waals surface area contributed by atoms with Crippen molar-refractivity contribution in [2.24, 2.45) is 5.73 Å². The molecule has 4 nitrogen and oxygen atoms in total. The van der Waals surface area contributed by atoms with E-state index < -0.39 is 0 Å². The zero-order valence-electron chi connectivity index (χ0n) is 10.6. The van der Waals surface area contributed by atoms with Crippen molar-refractivity contribution in [3.8, 4) is 0 Å². The van der Waals surface area contributed by atoms with Crippen molar-refractivity contribution in [3.05, 3.63) is 48.4 Å². The van der Waals surface area contributed by atoms with Gasteiger partial charge in [-0.05, 0) is 43.7 Å². The predicted molar refractivity (Wildman–Crippen MR) is 73.9 cm³/mol. The molecule has 4 heteroatoms. The van der Waals surface area contributed by atoms with E-state index in [9.17, 15) is 0 Å². The van der Waals surface area contributed by atoms with E-state index in [1.807, 2.05) is 6.07 Å². The Bertz CT molecular complexity index is 484. The van der Waals surface area contributed by atoms with Crippen molar-refractivity contribution in [3.63, 3.8) is 0 Å². The summed E-state index contributed by atoms with van der Waals surface area (Å²) in [5.74, 6) is 0.907. The van der Waals surface area contributed by atoms with E-state index in [2.05, 4.69) is 46.1 Å². The Balaban J connectivity index is 2.31. The molecule has 0 saturated carbocycles. The van der Waals surface area contributed by atoms with Gasteiger partial charge >= 0.3 is 0 Å². The smallest absolute Gasteiger partial charge is 0.136 e. The maximum atomic E-state index is 5.60. The van der Waals surface area contributed by atoms with E-state index in [-0.39, 0.29) is 0 Å². The number of aromatic nitrogens is 2. The summed E-state index contributed by atoms with van der Waals surface area (Å²) >= 11 is 0. The van der Waals surface area contributed by atoms with Crippen LogP contribution in [-0.2, 0) is 0 Å². The number of nitrogens with two attached hydrogens (primary N) is 1. The summed E-state index contributed by atoms with van der Waals surface area (Å²) in [5, 5.41) is 0. The van der Waals surface area contributed by atoms with Gasteiger partial charge in [0, 0.05) is 18.4 Å². The van der Waals surface area contributed by atoms with Crippen LogP contribution in [0.4, 0.5) is 11.5 Å². The molecule has 2 aromatic rings. The van der Waals surface area contributed by atoms with Crippen LogP contribution >= 0.6 is 0 Å². The summed E-state index contributed by atoms with van der Waals surface area (Å²) in [6.45, 7) is 3.62. The van der Waals surface area contributed by atoms with Crippen LogP contribution in [0, 0.1) is 6.92 Å². The highest BCUT2D eigenvalue weighted by atomic mass is 15.2. The van der Waals surface area contributed by atoms with Gasteiger partial charge in [-0.2, -0.15) is 0 Å². The normalized spacial score (nSPS) is 10.3. The van der Waals surface area contributed by atoms with E-state index in [0.717, 1.165) is 24.5 Å². The number of anilines is 2. The summed E-state index contributed by atoms with van der Waals surface area (Å²) in [6.07, 6.45) is 4.26. The molecule has 0 amide bonds. The second-order valence-electron chi connectivity index (χ2n) is 4.20. The molecule has 1 heterocycles. The third-order valence-electron chi connectivity index (χ3n) is 2.74. The average Bonchev–Trinajstić information content (AvgIpc) is 2.40. The molecule has 0 spiro atoms. The highest BCUT2D eigenvalue weighted by molar-refractivity contribution is 5.60. The zero-order valence-corrected chi connectivity index (χ0v) is 10.6.